The van der Waals surface area contributed by atoms with Crippen molar-refractivity contribution < 1.29 is 8.83 Å². The van der Waals surface area contributed by atoms with Crippen LogP contribution in [0, 0.1) is 22.7 Å². The highest BCUT2D eigenvalue weighted by Crippen LogP contribution is 2.42. The zero-order valence-electron chi connectivity index (χ0n) is 22.3. The van der Waals surface area contributed by atoms with Gasteiger partial charge in [0.1, 0.15) is 22.3 Å². The van der Waals surface area contributed by atoms with E-state index in [9.17, 15) is 10.5 Å². The van der Waals surface area contributed by atoms with E-state index < -0.39 is 0 Å². The molecule has 42 heavy (non-hydrogen) atoms. The molecule has 0 spiro atoms. The molecule has 0 radical (unpaired) electrons. The predicted molar refractivity (Wildman–Crippen MR) is 167 cm³/mol. The minimum absolute atomic E-state index is 0.495. The summed E-state index contributed by atoms with van der Waals surface area (Å²) in [4.78, 5) is 0. The molecule has 8 aromatic rings. The first-order chi connectivity index (χ1) is 20.7. The average molecular weight is 537 g/mol. The maximum Gasteiger partial charge on any atom is 0.143 e. The average Bonchev–Trinajstić information content (AvgIpc) is 3.63. The molecular formula is C38H20N2O2. The number of furan rings is 2. The van der Waals surface area contributed by atoms with Crippen molar-refractivity contribution >= 4 is 43.9 Å². The molecule has 194 valence electrons. The predicted octanol–water partition coefficient (Wildman–Crippen LogP) is 10.2. The Morgan fingerprint density at radius 2 is 0.929 bits per heavy atom. The number of rotatable bonds is 3. The SMILES string of the molecule is N#Cc1ccc(C#N)c(-c2cc(-c3cccc4c3oc3ccccc34)cc(-c3cccc4c3oc3ccccc34)c2)c1. The second kappa shape index (κ2) is 9.24. The van der Waals surface area contributed by atoms with Gasteiger partial charge in [-0.05, 0) is 65.2 Å². The van der Waals surface area contributed by atoms with Crippen molar-refractivity contribution in [3.8, 4) is 45.5 Å². The van der Waals surface area contributed by atoms with E-state index in [1.54, 1.807) is 18.2 Å². The molecule has 0 saturated heterocycles. The van der Waals surface area contributed by atoms with Gasteiger partial charge in [0, 0.05) is 38.2 Å². The smallest absolute Gasteiger partial charge is 0.143 e. The third kappa shape index (κ3) is 3.60. The molecule has 2 aromatic heterocycles. The summed E-state index contributed by atoms with van der Waals surface area (Å²) in [5.74, 6) is 0. The van der Waals surface area contributed by atoms with E-state index in [1.807, 2.05) is 48.5 Å². The van der Waals surface area contributed by atoms with Gasteiger partial charge in [-0.1, -0.05) is 72.8 Å². The summed E-state index contributed by atoms with van der Waals surface area (Å²) in [7, 11) is 0. The summed E-state index contributed by atoms with van der Waals surface area (Å²) in [5.41, 5.74) is 9.55. The molecule has 0 saturated carbocycles. The van der Waals surface area contributed by atoms with Crippen LogP contribution >= 0.6 is 0 Å². The van der Waals surface area contributed by atoms with Crippen LogP contribution in [-0.4, -0.2) is 0 Å². The quantitative estimate of drug-likeness (QED) is 0.225. The van der Waals surface area contributed by atoms with Crippen molar-refractivity contribution in [3.05, 3.63) is 132 Å². The summed E-state index contributed by atoms with van der Waals surface area (Å²) >= 11 is 0. The highest BCUT2D eigenvalue weighted by Gasteiger charge is 2.18. The van der Waals surface area contributed by atoms with Crippen LogP contribution in [0.5, 0.6) is 0 Å². The van der Waals surface area contributed by atoms with Gasteiger partial charge in [-0.3, -0.25) is 0 Å². The molecule has 8 rings (SSSR count). The standard InChI is InChI=1S/C38H20N2O2/c39-21-23-15-16-24(22-40)34(17-23)27-19-25(28-9-5-11-32-30-7-1-3-13-35(30)41-37(28)32)18-26(20-27)29-10-6-12-33-31-8-2-4-14-36(31)42-38(29)33/h1-20H. The van der Waals surface area contributed by atoms with Crippen LogP contribution in [0.25, 0.3) is 77.3 Å². The van der Waals surface area contributed by atoms with Gasteiger partial charge in [0.05, 0.1) is 23.3 Å². The highest BCUT2D eigenvalue weighted by molar-refractivity contribution is 6.11. The number of nitrogens with zero attached hydrogens (tertiary/aromatic N) is 2. The van der Waals surface area contributed by atoms with Gasteiger partial charge >= 0.3 is 0 Å². The Morgan fingerprint density at radius 1 is 0.429 bits per heavy atom. The Hall–Kier alpha value is -6.10. The van der Waals surface area contributed by atoms with Crippen LogP contribution in [0.3, 0.4) is 0 Å². The van der Waals surface area contributed by atoms with E-state index in [0.717, 1.165) is 71.7 Å². The van der Waals surface area contributed by atoms with Gasteiger partial charge in [-0.15, -0.1) is 0 Å². The molecule has 0 bridgehead atoms. The minimum Gasteiger partial charge on any atom is -0.455 e. The Labute approximate surface area is 240 Å². The van der Waals surface area contributed by atoms with Crippen molar-refractivity contribution in [1.82, 2.24) is 0 Å². The van der Waals surface area contributed by atoms with E-state index in [1.165, 1.54) is 0 Å². The van der Waals surface area contributed by atoms with Gasteiger partial charge in [0.2, 0.25) is 0 Å². The van der Waals surface area contributed by atoms with Crippen LogP contribution in [-0.2, 0) is 0 Å². The lowest BCUT2D eigenvalue weighted by atomic mass is 9.90. The molecule has 0 aliphatic carbocycles. The van der Waals surface area contributed by atoms with Crippen molar-refractivity contribution in [2.24, 2.45) is 0 Å². The molecule has 0 aliphatic rings. The van der Waals surface area contributed by atoms with Crippen LogP contribution in [0.15, 0.2) is 130 Å². The Bertz CT molecular complexity index is 2310. The number of nitriles is 2. The third-order valence-electron chi connectivity index (χ3n) is 7.94. The van der Waals surface area contributed by atoms with E-state index in [2.05, 4.69) is 66.7 Å². The monoisotopic (exact) mass is 536 g/mol. The topological polar surface area (TPSA) is 73.9 Å². The van der Waals surface area contributed by atoms with Gasteiger partial charge in [-0.25, -0.2) is 0 Å². The fourth-order valence-electron chi connectivity index (χ4n) is 5.99. The van der Waals surface area contributed by atoms with E-state index in [-0.39, 0.29) is 0 Å². The first kappa shape index (κ1) is 23.8. The second-order valence-electron chi connectivity index (χ2n) is 10.3. The maximum absolute atomic E-state index is 10.00. The van der Waals surface area contributed by atoms with E-state index in [4.69, 9.17) is 8.83 Å². The Morgan fingerprint density at radius 3 is 1.45 bits per heavy atom. The van der Waals surface area contributed by atoms with Crippen LogP contribution < -0.4 is 0 Å². The van der Waals surface area contributed by atoms with Crippen molar-refractivity contribution in [3.63, 3.8) is 0 Å². The normalized spacial score (nSPS) is 11.3. The number of para-hydroxylation sites is 4. The van der Waals surface area contributed by atoms with E-state index >= 15 is 0 Å². The van der Waals surface area contributed by atoms with Gasteiger partial charge < -0.3 is 8.83 Å². The lowest BCUT2D eigenvalue weighted by Gasteiger charge is -2.13. The van der Waals surface area contributed by atoms with Crippen LogP contribution in [0.4, 0.5) is 0 Å². The van der Waals surface area contributed by atoms with Crippen molar-refractivity contribution in [1.29, 1.82) is 10.5 Å². The van der Waals surface area contributed by atoms with Crippen LogP contribution in [0.2, 0.25) is 0 Å². The Balaban J connectivity index is 1.45. The molecular weight excluding hydrogens is 516 g/mol. The zero-order valence-corrected chi connectivity index (χ0v) is 22.3. The van der Waals surface area contributed by atoms with E-state index in [0.29, 0.717) is 16.7 Å². The molecule has 0 N–H and O–H groups in total. The third-order valence-corrected chi connectivity index (χ3v) is 7.94. The summed E-state index contributed by atoms with van der Waals surface area (Å²) in [6.45, 7) is 0. The molecule has 0 atom stereocenters. The lowest BCUT2D eigenvalue weighted by Crippen LogP contribution is -1.90. The summed E-state index contributed by atoms with van der Waals surface area (Å²) < 4.78 is 12.8. The summed E-state index contributed by atoms with van der Waals surface area (Å²) in [5, 5.41) is 23.9. The summed E-state index contributed by atoms with van der Waals surface area (Å²) in [6.07, 6.45) is 0. The molecule has 0 fully saturated rings. The van der Waals surface area contributed by atoms with Gasteiger partial charge in [-0.2, -0.15) is 10.5 Å². The lowest BCUT2D eigenvalue weighted by molar-refractivity contribution is 0.670. The molecule has 2 heterocycles. The molecule has 0 unspecified atom stereocenters. The maximum atomic E-state index is 10.00. The number of hydrogen-bond acceptors (Lipinski definition) is 4. The molecule has 4 nitrogen and oxygen atoms in total. The molecule has 4 heteroatoms. The molecule has 0 amide bonds. The van der Waals surface area contributed by atoms with Crippen LogP contribution in [0.1, 0.15) is 11.1 Å². The highest BCUT2D eigenvalue weighted by atomic mass is 16.3. The molecule has 0 aliphatic heterocycles. The first-order valence-electron chi connectivity index (χ1n) is 13.6. The largest absolute Gasteiger partial charge is 0.455 e. The first-order valence-corrected chi connectivity index (χ1v) is 13.6. The fourth-order valence-corrected chi connectivity index (χ4v) is 5.99. The van der Waals surface area contributed by atoms with Crippen molar-refractivity contribution in [2.45, 2.75) is 0 Å². The number of benzene rings is 6. The zero-order chi connectivity index (χ0) is 28.2. The number of hydrogen-bond donors (Lipinski definition) is 0. The number of fused-ring (bicyclic) bond motifs is 6. The van der Waals surface area contributed by atoms with Gasteiger partial charge in [0.15, 0.2) is 0 Å². The minimum atomic E-state index is 0.495. The second-order valence-corrected chi connectivity index (χ2v) is 10.3. The Kier molecular flexibility index (Phi) is 5.22. The van der Waals surface area contributed by atoms with Crippen molar-refractivity contribution in [2.75, 3.05) is 0 Å². The molecule has 6 aromatic carbocycles. The summed E-state index contributed by atoms with van der Waals surface area (Å²) in [6, 6.07) is 44.4. The van der Waals surface area contributed by atoms with Gasteiger partial charge in [0.25, 0.3) is 0 Å². The fraction of sp³-hybridized carbons (Fsp3) is 0.